The molecule has 0 aliphatic rings. The third-order valence-electron chi connectivity index (χ3n) is 2.75. The van der Waals surface area contributed by atoms with Gasteiger partial charge in [-0.15, -0.1) is 0 Å². The van der Waals surface area contributed by atoms with E-state index in [2.05, 4.69) is 26.1 Å². The Morgan fingerprint density at radius 1 is 1.47 bits per heavy atom. The molecule has 2 heterocycles. The third kappa shape index (κ3) is 2.93. The van der Waals surface area contributed by atoms with E-state index in [0.717, 1.165) is 10.2 Å². The van der Waals surface area contributed by atoms with Crippen LogP contribution in [0.4, 0.5) is 0 Å². The molecule has 6 nitrogen and oxygen atoms in total. The van der Waals surface area contributed by atoms with Crippen LogP contribution >= 0.6 is 15.9 Å². The molecule has 0 unspecified atom stereocenters. The van der Waals surface area contributed by atoms with Crippen LogP contribution in [-0.2, 0) is 17.9 Å². The number of hydrogen-bond acceptors (Lipinski definition) is 5. The predicted octanol–water partition coefficient (Wildman–Crippen LogP) is 1.81. The fourth-order valence-corrected chi connectivity index (χ4v) is 2.07. The van der Waals surface area contributed by atoms with Crippen LogP contribution < -0.4 is 5.69 Å². The Labute approximate surface area is 118 Å². The van der Waals surface area contributed by atoms with Gasteiger partial charge in [0.25, 0.3) is 0 Å². The Hall–Kier alpha value is -1.47. The van der Waals surface area contributed by atoms with Crippen molar-refractivity contribution in [3.05, 3.63) is 43.9 Å². The molecule has 0 bridgehead atoms. The molecular weight excluding hydrogens is 314 g/mol. The van der Waals surface area contributed by atoms with Gasteiger partial charge in [0, 0.05) is 18.9 Å². The first-order chi connectivity index (χ1) is 9.02. The van der Waals surface area contributed by atoms with Gasteiger partial charge in [0.1, 0.15) is 12.3 Å². The molecule has 0 aliphatic heterocycles. The lowest BCUT2D eigenvalue weighted by Crippen LogP contribution is -2.27. The van der Waals surface area contributed by atoms with Crippen LogP contribution in [0.3, 0.4) is 0 Å². The van der Waals surface area contributed by atoms with Crippen LogP contribution in [-0.4, -0.2) is 21.8 Å². The van der Waals surface area contributed by atoms with Crippen molar-refractivity contribution >= 4 is 15.9 Å². The van der Waals surface area contributed by atoms with Crippen LogP contribution in [0.1, 0.15) is 22.8 Å². The number of nitrogens with zero attached hydrogens (tertiary/aromatic N) is 3. The first kappa shape index (κ1) is 14.0. The summed E-state index contributed by atoms with van der Waals surface area (Å²) in [5.74, 6) is 0.627. The smallest absolute Gasteiger partial charge is 0.348 e. The predicted molar refractivity (Wildman–Crippen MR) is 72.0 cm³/mol. The quantitative estimate of drug-likeness (QED) is 0.856. The number of rotatable bonds is 4. The summed E-state index contributed by atoms with van der Waals surface area (Å²) in [6, 6.07) is 1.77. The van der Waals surface area contributed by atoms with E-state index < -0.39 is 0 Å². The summed E-state index contributed by atoms with van der Waals surface area (Å²) in [5.41, 5.74) is 1.86. The van der Waals surface area contributed by atoms with Crippen LogP contribution in [0, 0.1) is 13.8 Å². The zero-order valence-electron chi connectivity index (χ0n) is 10.9. The highest BCUT2D eigenvalue weighted by Gasteiger charge is 2.12. The van der Waals surface area contributed by atoms with Crippen LogP contribution in [0.2, 0.25) is 0 Å². The van der Waals surface area contributed by atoms with Crippen molar-refractivity contribution in [3.8, 4) is 0 Å². The number of aryl methyl sites for hydroxylation is 1. The number of aromatic nitrogens is 3. The van der Waals surface area contributed by atoms with Crippen LogP contribution in [0.15, 0.2) is 19.9 Å². The lowest BCUT2D eigenvalue weighted by atomic mass is 10.3. The number of hydrogen-bond donors (Lipinski definition) is 0. The van der Waals surface area contributed by atoms with E-state index in [1.54, 1.807) is 24.7 Å². The minimum absolute atomic E-state index is 0.297. The number of ether oxygens (including phenoxy) is 1. The highest BCUT2D eigenvalue weighted by Crippen LogP contribution is 2.17. The minimum Gasteiger partial charge on any atom is -0.377 e. The van der Waals surface area contributed by atoms with Crippen molar-refractivity contribution in [2.45, 2.75) is 27.0 Å². The molecule has 2 rings (SSSR count). The van der Waals surface area contributed by atoms with E-state index in [4.69, 9.17) is 9.26 Å². The Kier molecular flexibility index (Phi) is 4.16. The second kappa shape index (κ2) is 5.66. The maximum atomic E-state index is 11.9. The molecular formula is C12H14BrN3O3. The highest BCUT2D eigenvalue weighted by molar-refractivity contribution is 9.10. The maximum absolute atomic E-state index is 11.9. The second-order valence-electron chi connectivity index (χ2n) is 4.18. The third-order valence-corrected chi connectivity index (χ3v) is 3.90. The molecule has 0 aliphatic carbocycles. The van der Waals surface area contributed by atoms with E-state index >= 15 is 0 Å². The van der Waals surface area contributed by atoms with Crippen LogP contribution in [0.25, 0.3) is 0 Å². The van der Waals surface area contributed by atoms with Gasteiger partial charge < -0.3 is 9.26 Å². The molecule has 2 aromatic heterocycles. The molecule has 0 N–H and O–H groups in total. The summed E-state index contributed by atoms with van der Waals surface area (Å²) in [4.78, 5) is 15.8. The van der Waals surface area contributed by atoms with Crippen LogP contribution in [0.5, 0.6) is 0 Å². The van der Waals surface area contributed by atoms with Crippen molar-refractivity contribution < 1.29 is 9.26 Å². The van der Waals surface area contributed by atoms with E-state index in [-0.39, 0.29) is 5.69 Å². The fraction of sp³-hybridized carbons (Fsp3) is 0.417. The summed E-state index contributed by atoms with van der Waals surface area (Å²) >= 11 is 3.42. The minimum atomic E-state index is -0.297. The Morgan fingerprint density at radius 3 is 2.89 bits per heavy atom. The Balaban J connectivity index is 2.32. The summed E-state index contributed by atoms with van der Waals surface area (Å²) in [7, 11) is 1.58. The van der Waals surface area contributed by atoms with Crippen molar-refractivity contribution in [3.63, 3.8) is 0 Å². The largest absolute Gasteiger partial charge is 0.377 e. The molecule has 0 fully saturated rings. The van der Waals surface area contributed by atoms with E-state index in [1.807, 2.05) is 6.92 Å². The van der Waals surface area contributed by atoms with Gasteiger partial charge in [-0.1, -0.05) is 5.16 Å². The molecule has 0 aromatic carbocycles. The van der Waals surface area contributed by atoms with Gasteiger partial charge in [-0.05, 0) is 29.8 Å². The molecule has 0 saturated heterocycles. The summed E-state index contributed by atoms with van der Waals surface area (Å²) in [6.45, 7) is 4.33. The van der Waals surface area contributed by atoms with Gasteiger partial charge >= 0.3 is 5.69 Å². The van der Waals surface area contributed by atoms with E-state index in [9.17, 15) is 4.79 Å². The monoisotopic (exact) mass is 327 g/mol. The Morgan fingerprint density at radius 2 is 2.21 bits per heavy atom. The molecule has 7 heteroatoms. The number of methoxy groups -OCH3 is 1. The average molecular weight is 328 g/mol. The zero-order chi connectivity index (χ0) is 14.0. The lowest BCUT2D eigenvalue weighted by molar-refractivity contribution is 0.155. The summed E-state index contributed by atoms with van der Waals surface area (Å²) in [6.07, 6.45) is 0. The van der Waals surface area contributed by atoms with Crippen molar-refractivity contribution in [2.75, 3.05) is 7.11 Å². The van der Waals surface area contributed by atoms with Crippen molar-refractivity contribution in [1.82, 2.24) is 14.7 Å². The normalized spacial score (nSPS) is 10.9. The Bertz CT molecular complexity index is 648. The molecule has 0 spiro atoms. The second-order valence-corrected chi connectivity index (χ2v) is 4.98. The van der Waals surface area contributed by atoms with Gasteiger partial charge in [-0.25, -0.2) is 4.79 Å². The summed E-state index contributed by atoms with van der Waals surface area (Å²) in [5, 5.41) is 3.91. The summed E-state index contributed by atoms with van der Waals surface area (Å²) < 4.78 is 12.4. The van der Waals surface area contributed by atoms with Gasteiger partial charge in [0.15, 0.2) is 5.76 Å². The molecule has 0 radical (unpaired) electrons. The standard InChI is InChI=1S/C12H14BrN3O3/c1-7-11(13)8(2)16(12(17)14-7)5-9-4-10(6-18-3)19-15-9/h4H,5-6H2,1-3H3. The van der Waals surface area contributed by atoms with Gasteiger partial charge in [0.2, 0.25) is 0 Å². The first-order valence-corrected chi connectivity index (χ1v) is 6.49. The topological polar surface area (TPSA) is 70.2 Å². The van der Waals surface area contributed by atoms with Gasteiger partial charge in [-0.2, -0.15) is 4.98 Å². The average Bonchev–Trinajstić information content (AvgIpc) is 2.80. The molecule has 2 aromatic rings. The van der Waals surface area contributed by atoms with E-state index in [0.29, 0.717) is 30.3 Å². The zero-order valence-corrected chi connectivity index (χ0v) is 12.5. The SMILES string of the molecule is COCc1cc(Cn2c(C)c(Br)c(C)nc2=O)no1. The first-order valence-electron chi connectivity index (χ1n) is 5.70. The lowest BCUT2D eigenvalue weighted by Gasteiger charge is -2.10. The molecule has 0 atom stereocenters. The van der Waals surface area contributed by atoms with Crippen molar-refractivity contribution in [1.29, 1.82) is 0 Å². The van der Waals surface area contributed by atoms with Gasteiger partial charge in [0.05, 0.1) is 16.7 Å². The highest BCUT2D eigenvalue weighted by atomic mass is 79.9. The fourth-order valence-electron chi connectivity index (χ4n) is 1.77. The molecule has 102 valence electrons. The molecule has 19 heavy (non-hydrogen) atoms. The van der Waals surface area contributed by atoms with E-state index in [1.165, 1.54) is 0 Å². The molecule has 0 saturated carbocycles. The maximum Gasteiger partial charge on any atom is 0.348 e. The number of halogens is 1. The van der Waals surface area contributed by atoms with Crippen molar-refractivity contribution in [2.24, 2.45) is 0 Å². The molecule has 0 amide bonds. The van der Waals surface area contributed by atoms with Gasteiger partial charge in [-0.3, -0.25) is 4.57 Å².